The standard InChI is InChI=1S/C12H12F2N4O/c1-6-10(14)12(18-15)17-11(16-6)7-3-4-8(13)9(5-7)19-2/h3-5H,15H2,1-2H3,(H,16,17,18). The Hall–Kier alpha value is -2.28. The van der Waals surface area contributed by atoms with Gasteiger partial charge in [0, 0.05) is 5.56 Å². The number of hydrogen-bond donors (Lipinski definition) is 2. The summed E-state index contributed by atoms with van der Waals surface area (Å²) < 4.78 is 31.7. The summed E-state index contributed by atoms with van der Waals surface area (Å²) in [4.78, 5) is 7.92. The second-order valence-electron chi connectivity index (χ2n) is 3.79. The van der Waals surface area contributed by atoms with E-state index in [4.69, 9.17) is 10.6 Å². The van der Waals surface area contributed by atoms with E-state index in [-0.39, 0.29) is 23.1 Å². The lowest BCUT2D eigenvalue weighted by atomic mass is 10.2. The highest BCUT2D eigenvalue weighted by atomic mass is 19.1. The molecule has 2 rings (SSSR count). The number of methoxy groups -OCH3 is 1. The molecule has 3 N–H and O–H groups in total. The Morgan fingerprint density at radius 1 is 1.26 bits per heavy atom. The number of hydrogen-bond acceptors (Lipinski definition) is 5. The van der Waals surface area contributed by atoms with Crippen molar-refractivity contribution in [3.05, 3.63) is 35.5 Å². The van der Waals surface area contributed by atoms with Crippen LogP contribution in [0.1, 0.15) is 5.69 Å². The van der Waals surface area contributed by atoms with E-state index >= 15 is 0 Å². The Kier molecular flexibility index (Phi) is 3.57. The first-order valence-corrected chi connectivity index (χ1v) is 5.41. The predicted molar refractivity (Wildman–Crippen MR) is 66.5 cm³/mol. The number of nitrogens with zero attached hydrogens (tertiary/aromatic N) is 2. The number of ether oxygens (including phenoxy) is 1. The van der Waals surface area contributed by atoms with Crippen LogP contribution in [0, 0.1) is 18.6 Å². The zero-order valence-electron chi connectivity index (χ0n) is 10.4. The second-order valence-corrected chi connectivity index (χ2v) is 3.79. The minimum Gasteiger partial charge on any atom is -0.494 e. The molecule has 0 fully saturated rings. The van der Waals surface area contributed by atoms with Crippen molar-refractivity contribution in [2.75, 3.05) is 12.5 Å². The van der Waals surface area contributed by atoms with E-state index in [0.717, 1.165) is 0 Å². The zero-order valence-corrected chi connectivity index (χ0v) is 10.4. The van der Waals surface area contributed by atoms with Crippen LogP contribution < -0.4 is 16.0 Å². The summed E-state index contributed by atoms with van der Waals surface area (Å²) in [5.41, 5.74) is 2.79. The van der Waals surface area contributed by atoms with Gasteiger partial charge in [0.2, 0.25) is 0 Å². The molecule has 0 atom stereocenters. The Morgan fingerprint density at radius 2 is 2.00 bits per heavy atom. The molecule has 0 unspecified atom stereocenters. The van der Waals surface area contributed by atoms with Crippen LogP contribution in [0.2, 0.25) is 0 Å². The van der Waals surface area contributed by atoms with Gasteiger partial charge in [-0.1, -0.05) is 0 Å². The van der Waals surface area contributed by atoms with E-state index in [1.165, 1.54) is 32.2 Å². The molecule has 0 aliphatic carbocycles. The Balaban J connectivity index is 2.55. The molecule has 0 spiro atoms. The first-order valence-electron chi connectivity index (χ1n) is 5.41. The topological polar surface area (TPSA) is 73.1 Å². The van der Waals surface area contributed by atoms with Crippen molar-refractivity contribution in [1.29, 1.82) is 0 Å². The van der Waals surface area contributed by atoms with Crippen LogP contribution in [0.4, 0.5) is 14.6 Å². The molecular weight excluding hydrogens is 254 g/mol. The fourth-order valence-electron chi connectivity index (χ4n) is 1.58. The fraction of sp³-hybridized carbons (Fsp3) is 0.167. The molecule has 100 valence electrons. The quantitative estimate of drug-likeness (QED) is 0.657. The monoisotopic (exact) mass is 266 g/mol. The summed E-state index contributed by atoms with van der Waals surface area (Å²) in [5, 5.41) is 0. The molecule has 7 heteroatoms. The predicted octanol–water partition coefficient (Wildman–Crippen LogP) is 2.02. The van der Waals surface area contributed by atoms with Crippen molar-refractivity contribution in [3.63, 3.8) is 0 Å². The summed E-state index contributed by atoms with van der Waals surface area (Å²) in [6, 6.07) is 4.14. The van der Waals surface area contributed by atoms with Gasteiger partial charge in [0.1, 0.15) is 0 Å². The average molecular weight is 266 g/mol. The molecule has 0 saturated heterocycles. The van der Waals surface area contributed by atoms with E-state index in [1.54, 1.807) is 0 Å². The number of anilines is 1. The van der Waals surface area contributed by atoms with Crippen molar-refractivity contribution in [2.24, 2.45) is 5.84 Å². The van der Waals surface area contributed by atoms with Crippen LogP contribution in [0.5, 0.6) is 5.75 Å². The summed E-state index contributed by atoms with van der Waals surface area (Å²) in [5.74, 6) is 4.23. The highest BCUT2D eigenvalue weighted by Crippen LogP contribution is 2.26. The SMILES string of the molecule is COc1cc(-c2nc(C)c(F)c(NN)n2)ccc1F. The van der Waals surface area contributed by atoms with E-state index in [1.807, 2.05) is 0 Å². The molecule has 19 heavy (non-hydrogen) atoms. The normalized spacial score (nSPS) is 10.4. The van der Waals surface area contributed by atoms with Gasteiger partial charge >= 0.3 is 0 Å². The van der Waals surface area contributed by atoms with Crippen LogP contribution in [0.15, 0.2) is 18.2 Å². The number of halogens is 2. The number of nitrogen functional groups attached to an aromatic ring is 1. The summed E-state index contributed by atoms with van der Waals surface area (Å²) in [6.45, 7) is 1.49. The molecule has 0 radical (unpaired) electrons. The Bertz CT molecular complexity index is 619. The zero-order chi connectivity index (χ0) is 14.0. The number of aromatic nitrogens is 2. The third kappa shape index (κ3) is 2.45. The molecule has 0 amide bonds. The first-order chi connectivity index (χ1) is 9.06. The van der Waals surface area contributed by atoms with Gasteiger partial charge in [0.15, 0.2) is 29.0 Å². The Morgan fingerprint density at radius 3 is 2.63 bits per heavy atom. The van der Waals surface area contributed by atoms with Crippen LogP contribution in [0.25, 0.3) is 11.4 Å². The summed E-state index contributed by atoms with van der Waals surface area (Å²) in [6.07, 6.45) is 0. The van der Waals surface area contributed by atoms with Gasteiger partial charge in [0.25, 0.3) is 0 Å². The number of hydrazine groups is 1. The van der Waals surface area contributed by atoms with Crippen LogP contribution in [-0.4, -0.2) is 17.1 Å². The van der Waals surface area contributed by atoms with Gasteiger partial charge in [-0.25, -0.2) is 24.6 Å². The van der Waals surface area contributed by atoms with Crippen molar-refractivity contribution < 1.29 is 13.5 Å². The molecular formula is C12H12F2N4O. The van der Waals surface area contributed by atoms with Crippen LogP contribution in [0.3, 0.4) is 0 Å². The molecule has 1 aromatic carbocycles. The summed E-state index contributed by atoms with van der Waals surface area (Å²) in [7, 11) is 1.35. The minimum absolute atomic E-state index is 0.0605. The maximum absolute atomic E-state index is 13.6. The van der Waals surface area contributed by atoms with Gasteiger partial charge in [0.05, 0.1) is 12.8 Å². The maximum atomic E-state index is 13.6. The van der Waals surface area contributed by atoms with Crippen LogP contribution >= 0.6 is 0 Å². The van der Waals surface area contributed by atoms with Gasteiger partial charge in [-0.3, -0.25) is 0 Å². The molecule has 0 aliphatic rings. The van der Waals surface area contributed by atoms with Crippen molar-refractivity contribution >= 4 is 5.82 Å². The molecule has 5 nitrogen and oxygen atoms in total. The smallest absolute Gasteiger partial charge is 0.187 e. The van der Waals surface area contributed by atoms with Crippen molar-refractivity contribution in [1.82, 2.24) is 9.97 Å². The molecule has 1 aromatic heterocycles. The summed E-state index contributed by atoms with van der Waals surface area (Å²) >= 11 is 0. The molecule has 2 aromatic rings. The average Bonchev–Trinajstić information content (AvgIpc) is 2.42. The van der Waals surface area contributed by atoms with E-state index < -0.39 is 11.6 Å². The third-order valence-corrected chi connectivity index (χ3v) is 2.56. The third-order valence-electron chi connectivity index (χ3n) is 2.56. The fourth-order valence-corrected chi connectivity index (χ4v) is 1.58. The highest BCUT2D eigenvalue weighted by molar-refractivity contribution is 5.60. The van der Waals surface area contributed by atoms with Gasteiger partial charge in [-0.05, 0) is 25.1 Å². The van der Waals surface area contributed by atoms with Gasteiger partial charge in [-0.15, -0.1) is 0 Å². The highest BCUT2D eigenvalue weighted by Gasteiger charge is 2.13. The number of nitrogens with one attached hydrogen (secondary N) is 1. The number of rotatable bonds is 3. The largest absolute Gasteiger partial charge is 0.494 e. The minimum atomic E-state index is -0.625. The molecule has 0 aliphatic heterocycles. The van der Waals surface area contributed by atoms with Crippen molar-refractivity contribution in [2.45, 2.75) is 6.92 Å². The lowest BCUT2D eigenvalue weighted by Crippen LogP contribution is -2.13. The van der Waals surface area contributed by atoms with E-state index in [2.05, 4.69) is 15.4 Å². The number of nitrogens with two attached hydrogens (primary N) is 1. The Labute approximate surface area is 108 Å². The lowest BCUT2D eigenvalue weighted by molar-refractivity contribution is 0.386. The van der Waals surface area contributed by atoms with Crippen LogP contribution in [-0.2, 0) is 0 Å². The first kappa shape index (κ1) is 13.2. The number of benzene rings is 1. The lowest BCUT2D eigenvalue weighted by Gasteiger charge is -2.08. The molecule has 0 bridgehead atoms. The van der Waals surface area contributed by atoms with E-state index in [9.17, 15) is 8.78 Å². The molecule has 1 heterocycles. The second kappa shape index (κ2) is 5.15. The van der Waals surface area contributed by atoms with Gasteiger partial charge in [-0.2, -0.15) is 0 Å². The maximum Gasteiger partial charge on any atom is 0.187 e. The van der Waals surface area contributed by atoms with Gasteiger partial charge < -0.3 is 10.2 Å². The van der Waals surface area contributed by atoms with Crippen molar-refractivity contribution in [3.8, 4) is 17.1 Å². The number of aryl methyl sites for hydroxylation is 1. The van der Waals surface area contributed by atoms with E-state index in [0.29, 0.717) is 5.56 Å². The molecule has 0 saturated carbocycles.